The number of nitrogens with zero attached hydrogens (tertiary/aromatic N) is 1. The molecule has 0 aromatic heterocycles. The van der Waals surface area contributed by atoms with Gasteiger partial charge in [-0.2, -0.15) is 4.31 Å². The molecule has 25 heavy (non-hydrogen) atoms. The number of carbonyl (C=O) groups is 1. The summed E-state index contributed by atoms with van der Waals surface area (Å²) in [4.78, 5) is 11.5. The van der Waals surface area contributed by atoms with Crippen LogP contribution in [-0.4, -0.2) is 52.7 Å². The highest BCUT2D eigenvalue weighted by molar-refractivity contribution is 7.89. The van der Waals surface area contributed by atoms with Crippen LogP contribution in [-0.2, 0) is 24.8 Å². The van der Waals surface area contributed by atoms with Gasteiger partial charge in [-0.15, -0.1) is 0 Å². The molecule has 1 aromatic carbocycles. The lowest BCUT2D eigenvalue weighted by atomic mass is 10.4. The average Bonchev–Trinajstić information content (AvgIpc) is 3.08. The molecule has 2 N–H and O–H groups in total. The lowest BCUT2D eigenvalue weighted by Gasteiger charge is -2.15. The van der Waals surface area contributed by atoms with Gasteiger partial charge < -0.3 is 5.32 Å². The van der Waals surface area contributed by atoms with Gasteiger partial charge in [0, 0.05) is 19.1 Å². The molecular weight excluding hydrogens is 366 g/mol. The third-order valence-corrected chi connectivity index (χ3v) is 7.04. The minimum atomic E-state index is -3.89. The summed E-state index contributed by atoms with van der Waals surface area (Å²) in [6.07, 6.45) is 1.65. The summed E-state index contributed by atoms with van der Waals surface area (Å²) in [5.41, 5.74) is 0. The van der Waals surface area contributed by atoms with E-state index in [1.807, 2.05) is 0 Å². The van der Waals surface area contributed by atoms with E-state index in [1.165, 1.54) is 28.6 Å². The molecular formula is C15H23N3O5S2. The van der Waals surface area contributed by atoms with Gasteiger partial charge in [0.1, 0.15) is 0 Å². The first-order valence-electron chi connectivity index (χ1n) is 8.02. The monoisotopic (exact) mass is 389 g/mol. The third-order valence-electron chi connectivity index (χ3n) is 3.71. The molecule has 0 unspecified atom stereocenters. The van der Waals surface area contributed by atoms with Crippen LogP contribution in [0.2, 0.25) is 0 Å². The fourth-order valence-electron chi connectivity index (χ4n) is 2.49. The molecule has 1 heterocycles. The van der Waals surface area contributed by atoms with Gasteiger partial charge in [0.2, 0.25) is 26.0 Å². The Labute approximate surface area is 148 Å². The number of nitrogens with one attached hydrogen (secondary N) is 2. The Balaban J connectivity index is 2.09. The summed E-state index contributed by atoms with van der Waals surface area (Å²) < 4.78 is 52.8. The van der Waals surface area contributed by atoms with Crippen molar-refractivity contribution in [1.82, 2.24) is 14.3 Å². The van der Waals surface area contributed by atoms with Crippen LogP contribution in [0, 0.1) is 0 Å². The van der Waals surface area contributed by atoms with E-state index in [0.717, 1.165) is 12.8 Å². The summed E-state index contributed by atoms with van der Waals surface area (Å²) in [5, 5.41) is 2.58. The van der Waals surface area contributed by atoms with Crippen LogP contribution in [0.3, 0.4) is 0 Å². The summed E-state index contributed by atoms with van der Waals surface area (Å²) in [5.74, 6) is -0.438. The lowest BCUT2D eigenvalue weighted by Crippen LogP contribution is -2.39. The van der Waals surface area contributed by atoms with E-state index in [9.17, 15) is 21.6 Å². The van der Waals surface area contributed by atoms with Crippen molar-refractivity contribution in [1.29, 1.82) is 0 Å². The number of hydrogen-bond donors (Lipinski definition) is 2. The van der Waals surface area contributed by atoms with Crippen LogP contribution in [0.5, 0.6) is 0 Å². The minimum Gasteiger partial charge on any atom is -0.353 e. The molecule has 1 aromatic rings. The topological polar surface area (TPSA) is 113 Å². The van der Waals surface area contributed by atoms with Gasteiger partial charge in [-0.3, -0.25) is 4.79 Å². The van der Waals surface area contributed by atoms with Crippen molar-refractivity contribution in [3.8, 4) is 0 Å². The van der Waals surface area contributed by atoms with E-state index < -0.39 is 26.0 Å². The molecule has 1 aliphatic rings. The molecule has 140 valence electrons. The van der Waals surface area contributed by atoms with E-state index in [1.54, 1.807) is 13.8 Å². The molecule has 0 bridgehead atoms. The fourth-order valence-corrected chi connectivity index (χ4v) is 4.98. The smallest absolute Gasteiger partial charge is 0.243 e. The zero-order valence-corrected chi connectivity index (χ0v) is 15.9. The standard InChI is InChI=1S/C15H23N3O5S2/c1-12(2)17-15(19)11-16-24(20,21)13-5-7-14(8-6-13)25(22,23)18-9-3-4-10-18/h5-8,12,16H,3-4,9-11H2,1-2H3,(H,17,19). The Kier molecular flexibility index (Phi) is 6.20. The Hall–Kier alpha value is -1.49. The van der Waals surface area contributed by atoms with Gasteiger partial charge >= 0.3 is 0 Å². The van der Waals surface area contributed by atoms with Gasteiger partial charge in [0.25, 0.3) is 0 Å². The molecule has 1 aliphatic heterocycles. The lowest BCUT2D eigenvalue weighted by molar-refractivity contribution is -0.120. The zero-order valence-electron chi connectivity index (χ0n) is 14.2. The number of hydrogen-bond acceptors (Lipinski definition) is 5. The van der Waals surface area contributed by atoms with E-state index in [-0.39, 0.29) is 22.4 Å². The van der Waals surface area contributed by atoms with Crippen molar-refractivity contribution in [2.24, 2.45) is 0 Å². The highest BCUT2D eigenvalue weighted by Crippen LogP contribution is 2.22. The van der Waals surface area contributed by atoms with Crippen LogP contribution in [0.1, 0.15) is 26.7 Å². The van der Waals surface area contributed by atoms with E-state index in [0.29, 0.717) is 13.1 Å². The van der Waals surface area contributed by atoms with E-state index >= 15 is 0 Å². The second kappa shape index (κ2) is 7.81. The molecule has 1 amide bonds. The Morgan fingerprint density at radius 2 is 1.56 bits per heavy atom. The van der Waals surface area contributed by atoms with Crippen LogP contribution in [0.4, 0.5) is 0 Å². The van der Waals surface area contributed by atoms with Crippen molar-refractivity contribution in [2.75, 3.05) is 19.6 Å². The largest absolute Gasteiger partial charge is 0.353 e. The Morgan fingerprint density at radius 1 is 1.04 bits per heavy atom. The number of carbonyl (C=O) groups excluding carboxylic acids is 1. The number of sulfonamides is 2. The van der Waals surface area contributed by atoms with Gasteiger partial charge in [-0.25, -0.2) is 21.6 Å². The Morgan fingerprint density at radius 3 is 2.08 bits per heavy atom. The molecule has 0 atom stereocenters. The molecule has 1 saturated heterocycles. The maximum atomic E-state index is 12.4. The summed E-state index contributed by atoms with van der Waals surface area (Å²) in [7, 11) is -7.48. The predicted molar refractivity (Wildman–Crippen MR) is 92.9 cm³/mol. The zero-order chi connectivity index (χ0) is 18.7. The van der Waals surface area contributed by atoms with Crippen molar-refractivity contribution in [2.45, 2.75) is 42.5 Å². The van der Waals surface area contributed by atoms with Crippen molar-refractivity contribution in [3.05, 3.63) is 24.3 Å². The van der Waals surface area contributed by atoms with Crippen LogP contribution < -0.4 is 10.0 Å². The summed E-state index contributed by atoms with van der Waals surface area (Å²) >= 11 is 0. The molecule has 10 heteroatoms. The van der Waals surface area contributed by atoms with Gasteiger partial charge in [0.15, 0.2) is 0 Å². The quantitative estimate of drug-likeness (QED) is 0.695. The average molecular weight is 389 g/mol. The molecule has 8 nitrogen and oxygen atoms in total. The minimum absolute atomic E-state index is 0.0610. The Bertz CT molecular complexity index is 811. The van der Waals surface area contributed by atoms with E-state index in [4.69, 9.17) is 0 Å². The molecule has 1 fully saturated rings. The van der Waals surface area contributed by atoms with Gasteiger partial charge in [0.05, 0.1) is 16.3 Å². The SMILES string of the molecule is CC(C)NC(=O)CNS(=O)(=O)c1ccc(S(=O)(=O)N2CCCC2)cc1. The fraction of sp³-hybridized carbons (Fsp3) is 0.533. The van der Waals surface area contributed by atoms with Gasteiger partial charge in [-0.1, -0.05) is 0 Å². The highest BCUT2D eigenvalue weighted by Gasteiger charge is 2.27. The summed E-state index contributed by atoms with van der Waals surface area (Å²) in [6.45, 7) is 4.12. The maximum absolute atomic E-state index is 12.4. The second-order valence-corrected chi connectivity index (χ2v) is 9.83. The molecule has 0 aliphatic carbocycles. The maximum Gasteiger partial charge on any atom is 0.243 e. The number of rotatable bonds is 7. The molecule has 0 radical (unpaired) electrons. The molecule has 2 rings (SSSR count). The number of amides is 1. The third kappa shape index (κ3) is 5.00. The van der Waals surface area contributed by atoms with Crippen molar-refractivity contribution in [3.63, 3.8) is 0 Å². The first kappa shape index (κ1) is 19.8. The first-order chi connectivity index (χ1) is 11.6. The second-order valence-electron chi connectivity index (χ2n) is 6.13. The van der Waals surface area contributed by atoms with Gasteiger partial charge in [-0.05, 0) is 51.0 Å². The molecule has 0 saturated carbocycles. The molecule has 0 spiro atoms. The summed E-state index contributed by atoms with van der Waals surface area (Å²) in [6, 6.07) is 4.91. The number of benzene rings is 1. The van der Waals surface area contributed by atoms with Crippen molar-refractivity contribution < 1.29 is 21.6 Å². The van der Waals surface area contributed by atoms with E-state index in [2.05, 4.69) is 10.0 Å². The first-order valence-corrected chi connectivity index (χ1v) is 10.9. The van der Waals surface area contributed by atoms with Crippen molar-refractivity contribution >= 4 is 26.0 Å². The predicted octanol–water partition coefficient (Wildman–Crippen LogP) is 0.274. The van der Waals surface area contributed by atoms with Crippen LogP contribution in [0.15, 0.2) is 34.1 Å². The van der Waals surface area contributed by atoms with Crippen LogP contribution >= 0.6 is 0 Å². The normalized spacial score (nSPS) is 16.3. The highest BCUT2D eigenvalue weighted by atomic mass is 32.2. The van der Waals surface area contributed by atoms with Crippen LogP contribution in [0.25, 0.3) is 0 Å².